The van der Waals surface area contributed by atoms with Crippen LogP contribution >= 0.6 is 11.8 Å². The fraction of sp³-hybridized carbons (Fsp3) is 0.294. The van der Waals surface area contributed by atoms with Crippen LogP contribution in [0, 0.1) is 6.92 Å². The molecule has 25 heavy (non-hydrogen) atoms. The highest BCUT2D eigenvalue weighted by atomic mass is 32.2. The van der Waals surface area contributed by atoms with Crippen molar-refractivity contribution < 1.29 is 9.59 Å². The third-order valence-electron chi connectivity index (χ3n) is 3.80. The topological polar surface area (TPSA) is 88.4 Å². The molecule has 2 aromatic heterocycles. The maximum absolute atomic E-state index is 12.2. The number of hydrogen-bond donors (Lipinski definition) is 2. The Kier molecular flexibility index (Phi) is 4.89. The maximum Gasteiger partial charge on any atom is 0.321 e. The number of imide groups is 1. The molecular formula is C17H19N5O2S. The smallest absolute Gasteiger partial charge is 0.321 e. The van der Waals surface area contributed by atoms with Gasteiger partial charge in [-0.3, -0.25) is 14.5 Å². The van der Waals surface area contributed by atoms with Crippen molar-refractivity contribution in [2.75, 3.05) is 6.54 Å². The summed E-state index contributed by atoms with van der Waals surface area (Å²) < 4.78 is 1.93. The van der Waals surface area contributed by atoms with E-state index in [2.05, 4.69) is 20.8 Å². The molecular weight excluding hydrogens is 338 g/mol. The van der Waals surface area contributed by atoms with Crippen LogP contribution in [-0.2, 0) is 4.79 Å². The van der Waals surface area contributed by atoms with E-state index in [9.17, 15) is 9.59 Å². The Morgan fingerprint density at radius 1 is 1.28 bits per heavy atom. The molecule has 0 aliphatic carbocycles. The molecule has 0 fully saturated rings. The number of carbonyl (C=O) groups is 2. The van der Waals surface area contributed by atoms with Crippen molar-refractivity contribution in [2.45, 2.75) is 31.2 Å². The largest absolute Gasteiger partial charge is 0.338 e. The van der Waals surface area contributed by atoms with Gasteiger partial charge in [0.2, 0.25) is 5.91 Å². The standard InChI is InChI=1S/C17H19N5O2S/c1-4-18-16(24)19-15(23)11(3)25-17-21-20-14-9-10(2)12-7-5-6-8-13(12)22(14)17/h5-9,11H,4H2,1-3H3,(H2,18,19,23,24)/t11-/m1/s1. The van der Waals surface area contributed by atoms with E-state index in [0.29, 0.717) is 11.7 Å². The van der Waals surface area contributed by atoms with E-state index in [4.69, 9.17) is 0 Å². The summed E-state index contributed by atoms with van der Waals surface area (Å²) in [5.74, 6) is -0.371. The number of thioether (sulfide) groups is 1. The number of aryl methyl sites for hydroxylation is 1. The van der Waals surface area contributed by atoms with Gasteiger partial charge in [0.25, 0.3) is 0 Å². The Morgan fingerprint density at radius 3 is 2.80 bits per heavy atom. The van der Waals surface area contributed by atoms with Crippen LogP contribution in [-0.4, -0.2) is 38.3 Å². The SMILES string of the molecule is CCNC(=O)NC(=O)[C@@H](C)Sc1nnc2cc(C)c3ccccc3n12. The summed E-state index contributed by atoms with van der Waals surface area (Å²) in [5.41, 5.74) is 2.84. The van der Waals surface area contributed by atoms with Crippen molar-refractivity contribution >= 4 is 40.3 Å². The minimum absolute atomic E-state index is 0.371. The first-order chi connectivity index (χ1) is 12.0. The van der Waals surface area contributed by atoms with Gasteiger partial charge in [-0.05, 0) is 38.5 Å². The second-order valence-corrected chi connectivity index (χ2v) is 6.94. The second-order valence-electron chi connectivity index (χ2n) is 5.63. The number of amides is 3. The highest BCUT2D eigenvalue weighted by Crippen LogP contribution is 2.27. The lowest BCUT2D eigenvalue weighted by Crippen LogP contribution is -2.42. The minimum atomic E-state index is -0.493. The first kappa shape index (κ1) is 17.2. The molecule has 0 unspecified atom stereocenters. The van der Waals surface area contributed by atoms with E-state index in [-0.39, 0.29) is 5.91 Å². The van der Waals surface area contributed by atoms with Gasteiger partial charge in [-0.1, -0.05) is 30.0 Å². The third-order valence-corrected chi connectivity index (χ3v) is 4.84. The summed E-state index contributed by atoms with van der Waals surface area (Å²) >= 11 is 1.27. The predicted octanol–water partition coefficient (Wildman–Crippen LogP) is 2.52. The van der Waals surface area contributed by atoms with Gasteiger partial charge in [0.05, 0.1) is 10.8 Å². The molecule has 0 radical (unpaired) electrons. The minimum Gasteiger partial charge on any atom is -0.338 e. The van der Waals surface area contributed by atoms with Gasteiger partial charge in [-0.25, -0.2) is 4.79 Å². The lowest BCUT2D eigenvalue weighted by Gasteiger charge is -2.11. The number of hydrogen-bond acceptors (Lipinski definition) is 5. The summed E-state index contributed by atoms with van der Waals surface area (Å²) in [6.07, 6.45) is 0. The Morgan fingerprint density at radius 2 is 2.04 bits per heavy atom. The van der Waals surface area contributed by atoms with Gasteiger partial charge >= 0.3 is 6.03 Å². The summed E-state index contributed by atoms with van der Waals surface area (Å²) in [7, 11) is 0. The number of rotatable bonds is 4. The predicted molar refractivity (Wildman–Crippen MR) is 97.8 cm³/mol. The first-order valence-electron chi connectivity index (χ1n) is 8.00. The van der Waals surface area contributed by atoms with Gasteiger partial charge in [0.1, 0.15) is 0 Å². The Labute approximate surface area is 149 Å². The molecule has 3 rings (SSSR count). The van der Waals surface area contributed by atoms with Crippen LogP contribution in [0.25, 0.3) is 16.6 Å². The average Bonchev–Trinajstić information content (AvgIpc) is 2.98. The molecule has 0 aliphatic rings. The van der Waals surface area contributed by atoms with E-state index in [1.807, 2.05) is 41.7 Å². The number of para-hydroxylation sites is 1. The van der Waals surface area contributed by atoms with Crippen molar-refractivity contribution in [3.05, 3.63) is 35.9 Å². The number of fused-ring (bicyclic) bond motifs is 3. The highest BCUT2D eigenvalue weighted by molar-refractivity contribution is 8.00. The monoisotopic (exact) mass is 357 g/mol. The van der Waals surface area contributed by atoms with Crippen molar-refractivity contribution in [1.82, 2.24) is 25.2 Å². The van der Waals surface area contributed by atoms with Crippen LogP contribution < -0.4 is 10.6 Å². The maximum atomic E-state index is 12.2. The average molecular weight is 357 g/mol. The molecule has 8 heteroatoms. The van der Waals surface area contributed by atoms with Crippen LogP contribution in [0.4, 0.5) is 4.79 Å². The van der Waals surface area contributed by atoms with Crippen molar-refractivity contribution in [1.29, 1.82) is 0 Å². The van der Waals surface area contributed by atoms with E-state index in [1.54, 1.807) is 13.8 Å². The van der Waals surface area contributed by atoms with Gasteiger partial charge < -0.3 is 5.32 Å². The molecule has 1 aromatic carbocycles. The number of carbonyl (C=O) groups excluding carboxylic acids is 2. The lowest BCUT2D eigenvalue weighted by atomic mass is 10.1. The zero-order chi connectivity index (χ0) is 18.0. The highest BCUT2D eigenvalue weighted by Gasteiger charge is 2.20. The second kappa shape index (κ2) is 7.10. The molecule has 2 N–H and O–H groups in total. The summed E-state index contributed by atoms with van der Waals surface area (Å²) in [6.45, 7) is 6.02. The number of nitrogens with one attached hydrogen (secondary N) is 2. The molecule has 1 atom stereocenters. The number of urea groups is 1. The van der Waals surface area contributed by atoms with Crippen LogP contribution in [0.15, 0.2) is 35.5 Å². The Balaban J connectivity index is 1.91. The number of nitrogens with zero attached hydrogens (tertiary/aromatic N) is 3. The lowest BCUT2D eigenvalue weighted by molar-refractivity contribution is -0.119. The van der Waals surface area contributed by atoms with Crippen molar-refractivity contribution in [2.24, 2.45) is 0 Å². The summed E-state index contributed by atoms with van der Waals surface area (Å²) in [5, 5.41) is 14.5. The number of pyridine rings is 1. The molecule has 130 valence electrons. The zero-order valence-electron chi connectivity index (χ0n) is 14.2. The molecule has 0 bridgehead atoms. The molecule has 0 aliphatic heterocycles. The molecule has 0 saturated carbocycles. The van der Waals surface area contributed by atoms with E-state index >= 15 is 0 Å². The van der Waals surface area contributed by atoms with E-state index in [0.717, 1.165) is 22.1 Å². The molecule has 0 saturated heterocycles. The van der Waals surface area contributed by atoms with Crippen molar-refractivity contribution in [3.63, 3.8) is 0 Å². The zero-order valence-corrected chi connectivity index (χ0v) is 15.1. The number of aromatic nitrogens is 3. The molecule has 0 spiro atoms. The molecule has 7 nitrogen and oxygen atoms in total. The first-order valence-corrected chi connectivity index (χ1v) is 8.88. The van der Waals surface area contributed by atoms with Gasteiger partial charge in [-0.2, -0.15) is 0 Å². The van der Waals surface area contributed by atoms with Crippen LogP contribution in [0.2, 0.25) is 0 Å². The van der Waals surface area contributed by atoms with Gasteiger partial charge in [0, 0.05) is 11.9 Å². The fourth-order valence-corrected chi connectivity index (χ4v) is 3.45. The third kappa shape index (κ3) is 3.43. The number of benzene rings is 1. The van der Waals surface area contributed by atoms with Crippen molar-refractivity contribution in [3.8, 4) is 0 Å². The molecule has 3 aromatic rings. The normalized spacial score (nSPS) is 12.3. The molecule has 2 heterocycles. The van der Waals surface area contributed by atoms with Crippen LogP contribution in [0.5, 0.6) is 0 Å². The van der Waals surface area contributed by atoms with Gasteiger partial charge in [0.15, 0.2) is 10.8 Å². The fourth-order valence-electron chi connectivity index (χ4n) is 2.58. The Bertz CT molecular complexity index is 953. The van der Waals surface area contributed by atoms with Crippen LogP contribution in [0.1, 0.15) is 19.4 Å². The molecule has 3 amide bonds. The van der Waals surface area contributed by atoms with E-state index < -0.39 is 11.3 Å². The van der Waals surface area contributed by atoms with E-state index in [1.165, 1.54) is 11.8 Å². The van der Waals surface area contributed by atoms with Gasteiger partial charge in [-0.15, -0.1) is 10.2 Å². The summed E-state index contributed by atoms with van der Waals surface area (Å²) in [6, 6.07) is 9.47. The quantitative estimate of drug-likeness (QED) is 0.701. The summed E-state index contributed by atoms with van der Waals surface area (Å²) in [4.78, 5) is 23.7. The Hall–Kier alpha value is -2.61. The van der Waals surface area contributed by atoms with Crippen LogP contribution in [0.3, 0.4) is 0 Å².